The largest absolute Gasteiger partial charge is 0.478 e. The van der Waals surface area contributed by atoms with Gasteiger partial charge in [0.1, 0.15) is 0 Å². The van der Waals surface area contributed by atoms with E-state index in [1.54, 1.807) is 0 Å². The molecular formula is C14H10N2O5. The summed E-state index contributed by atoms with van der Waals surface area (Å²) in [6.45, 7) is 0. The summed E-state index contributed by atoms with van der Waals surface area (Å²) in [6.07, 6.45) is 0. The van der Waals surface area contributed by atoms with E-state index in [1.807, 2.05) is 0 Å². The van der Waals surface area contributed by atoms with E-state index in [0.29, 0.717) is 11.3 Å². The first-order valence-electron chi connectivity index (χ1n) is 5.86. The van der Waals surface area contributed by atoms with Crippen molar-refractivity contribution in [2.45, 2.75) is 0 Å². The number of hydrogen-bond donors (Lipinski definition) is 2. The van der Waals surface area contributed by atoms with E-state index < -0.39 is 16.8 Å². The van der Waals surface area contributed by atoms with Crippen LogP contribution in [0.25, 0.3) is 0 Å². The van der Waals surface area contributed by atoms with Gasteiger partial charge < -0.3 is 10.4 Å². The fourth-order valence-corrected chi connectivity index (χ4v) is 1.63. The molecule has 0 bridgehead atoms. The number of nitrogens with zero attached hydrogens (tertiary/aromatic N) is 1. The first kappa shape index (κ1) is 14.2. The summed E-state index contributed by atoms with van der Waals surface area (Å²) in [5, 5.41) is 21.8. The molecule has 0 saturated heterocycles. The molecule has 7 nitrogen and oxygen atoms in total. The maximum Gasteiger partial charge on any atom is 0.335 e. The molecule has 0 saturated carbocycles. The van der Waals surface area contributed by atoms with Crippen LogP contribution in [0.1, 0.15) is 20.7 Å². The lowest BCUT2D eigenvalue weighted by Gasteiger charge is -2.05. The molecule has 0 aliphatic heterocycles. The normalized spacial score (nSPS) is 9.90. The number of carboxylic acids is 1. The number of aromatic carboxylic acids is 1. The summed E-state index contributed by atoms with van der Waals surface area (Å²) in [7, 11) is 0. The van der Waals surface area contributed by atoms with Gasteiger partial charge in [-0.05, 0) is 36.4 Å². The molecule has 7 heteroatoms. The predicted molar refractivity (Wildman–Crippen MR) is 74.5 cm³/mol. The highest BCUT2D eigenvalue weighted by atomic mass is 16.6. The summed E-state index contributed by atoms with van der Waals surface area (Å²) in [6, 6.07) is 10.8. The maximum absolute atomic E-state index is 11.9. The fourth-order valence-electron chi connectivity index (χ4n) is 1.63. The van der Waals surface area contributed by atoms with Gasteiger partial charge >= 0.3 is 5.97 Å². The van der Waals surface area contributed by atoms with E-state index in [1.165, 1.54) is 48.5 Å². The number of anilines is 1. The highest BCUT2D eigenvalue weighted by molar-refractivity contribution is 6.04. The second-order valence-electron chi connectivity index (χ2n) is 4.14. The van der Waals surface area contributed by atoms with Crippen LogP contribution in [0.2, 0.25) is 0 Å². The SMILES string of the molecule is O=C(O)c1ccc(C(=O)Nc2ccc([N+](=O)[O-])cc2)cc1. The highest BCUT2D eigenvalue weighted by Crippen LogP contribution is 2.16. The lowest BCUT2D eigenvalue weighted by atomic mass is 10.1. The van der Waals surface area contributed by atoms with E-state index in [9.17, 15) is 19.7 Å². The Labute approximate surface area is 119 Å². The average molecular weight is 286 g/mol. The number of nitrogens with one attached hydrogen (secondary N) is 1. The molecule has 0 atom stereocenters. The lowest BCUT2D eigenvalue weighted by Crippen LogP contribution is -2.12. The second kappa shape index (κ2) is 5.83. The minimum Gasteiger partial charge on any atom is -0.478 e. The molecule has 0 aliphatic rings. The molecule has 2 N–H and O–H groups in total. The molecule has 0 unspecified atom stereocenters. The van der Waals surface area contributed by atoms with Crippen LogP contribution < -0.4 is 5.32 Å². The van der Waals surface area contributed by atoms with Gasteiger partial charge in [-0.2, -0.15) is 0 Å². The van der Waals surface area contributed by atoms with Gasteiger partial charge in [0, 0.05) is 23.4 Å². The third-order valence-corrected chi connectivity index (χ3v) is 2.73. The van der Waals surface area contributed by atoms with Crippen molar-refractivity contribution in [2.24, 2.45) is 0 Å². The first-order valence-corrected chi connectivity index (χ1v) is 5.86. The van der Waals surface area contributed by atoms with Crippen LogP contribution in [0.15, 0.2) is 48.5 Å². The smallest absolute Gasteiger partial charge is 0.335 e. The number of nitro benzene ring substituents is 1. The number of carbonyl (C=O) groups excluding carboxylic acids is 1. The standard InChI is InChI=1S/C14H10N2O5/c17-13(9-1-3-10(4-2-9)14(18)19)15-11-5-7-12(8-6-11)16(20)21/h1-8H,(H,15,17)(H,18,19). The number of carboxylic acid groups (broad SMARTS) is 1. The van der Waals surface area contributed by atoms with Gasteiger partial charge in [0.15, 0.2) is 0 Å². The van der Waals surface area contributed by atoms with Crippen molar-refractivity contribution in [3.8, 4) is 0 Å². The molecule has 0 aliphatic carbocycles. The van der Waals surface area contributed by atoms with E-state index >= 15 is 0 Å². The highest BCUT2D eigenvalue weighted by Gasteiger charge is 2.09. The van der Waals surface area contributed by atoms with Crippen molar-refractivity contribution in [1.82, 2.24) is 0 Å². The molecule has 0 aromatic heterocycles. The Kier molecular flexibility index (Phi) is 3.94. The van der Waals surface area contributed by atoms with Gasteiger partial charge in [0.25, 0.3) is 11.6 Å². The summed E-state index contributed by atoms with van der Waals surface area (Å²) in [5.41, 5.74) is 0.715. The summed E-state index contributed by atoms with van der Waals surface area (Å²) in [5.74, 6) is -1.50. The number of hydrogen-bond acceptors (Lipinski definition) is 4. The van der Waals surface area contributed by atoms with E-state index in [-0.39, 0.29) is 11.3 Å². The van der Waals surface area contributed by atoms with Crippen molar-refractivity contribution in [1.29, 1.82) is 0 Å². The van der Waals surface area contributed by atoms with Crippen LogP contribution in [0, 0.1) is 10.1 Å². The van der Waals surface area contributed by atoms with Crippen LogP contribution in [-0.4, -0.2) is 21.9 Å². The van der Waals surface area contributed by atoms with Gasteiger partial charge in [-0.1, -0.05) is 0 Å². The van der Waals surface area contributed by atoms with Crippen molar-refractivity contribution in [3.63, 3.8) is 0 Å². The van der Waals surface area contributed by atoms with Crippen LogP contribution in [0.3, 0.4) is 0 Å². The van der Waals surface area contributed by atoms with Crippen molar-refractivity contribution < 1.29 is 19.6 Å². The molecule has 21 heavy (non-hydrogen) atoms. The number of nitro groups is 1. The number of benzene rings is 2. The number of amides is 1. The lowest BCUT2D eigenvalue weighted by molar-refractivity contribution is -0.384. The molecule has 0 heterocycles. The summed E-state index contributed by atoms with van der Waals surface area (Å²) < 4.78 is 0. The van der Waals surface area contributed by atoms with Crippen LogP contribution in [0.5, 0.6) is 0 Å². The van der Waals surface area contributed by atoms with Crippen LogP contribution >= 0.6 is 0 Å². The molecule has 106 valence electrons. The fraction of sp³-hybridized carbons (Fsp3) is 0. The number of rotatable bonds is 4. The molecule has 0 radical (unpaired) electrons. The zero-order chi connectivity index (χ0) is 15.4. The van der Waals surface area contributed by atoms with Crippen molar-refractivity contribution in [3.05, 3.63) is 69.8 Å². The Balaban J connectivity index is 2.10. The van der Waals surface area contributed by atoms with Crippen molar-refractivity contribution >= 4 is 23.3 Å². The monoisotopic (exact) mass is 286 g/mol. The molecule has 2 rings (SSSR count). The molecule has 0 spiro atoms. The zero-order valence-corrected chi connectivity index (χ0v) is 10.6. The Morgan fingerprint density at radius 1 is 0.952 bits per heavy atom. The Morgan fingerprint density at radius 3 is 1.95 bits per heavy atom. The van der Waals surface area contributed by atoms with E-state index in [2.05, 4.69) is 5.32 Å². The van der Waals surface area contributed by atoms with Gasteiger partial charge in [0.2, 0.25) is 0 Å². The van der Waals surface area contributed by atoms with Crippen LogP contribution in [-0.2, 0) is 0 Å². The zero-order valence-electron chi connectivity index (χ0n) is 10.6. The Morgan fingerprint density at radius 2 is 1.48 bits per heavy atom. The first-order chi connectivity index (χ1) is 9.97. The molecule has 0 fully saturated rings. The topological polar surface area (TPSA) is 110 Å². The number of non-ortho nitro benzene ring substituents is 1. The quantitative estimate of drug-likeness (QED) is 0.663. The van der Waals surface area contributed by atoms with E-state index in [0.717, 1.165) is 0 Å². The molecule has 2 aromatic rings. The minimum absolute atomic E-state index is 0.0705. The molecule has 2 aromatic carbocycles. The van der Waals surface area contributed by atoms with E-state index in [4.69, 9.17) is 5.11 Å². The van der Waals surface area contributed by atoms with Crippen molar-refractivity contribution in [2.75, 3.05) is 5.32 Å². The summed E-state index contributed by atoms with van der Waals surface area (Å²) >= 11 is 0. The Hall–Kier alpha value is -3.22. The average Bonchev–Trinajstić information content (AvgIpc) is 2.47. The van der Waals surface area contributed by atoms with Gasteiger partial charge in [-0.3, -0.25) is 14.9 Å². The van der Waals surface area contributed by atoms with Gasteiger partial charge in [0.05, 0.1) is 10.5 Å². The molecule has 1 amide bonds. The number of carbonyl (C=O) groups is 2. The predicted octanol–water partition coefficient (Wildman–Crippen LogP) is 2.55. The van der Waals surface area contributed by atoms with Gasteiger partial charge in [-0.15, -0.1) is 0 Å². The van der Waals surface area contributed by atoms with Crippen LogP contribution in [0.4, 0.5) is 11.4 Å². The third-order valence-electron chi connectivity index (χ3n) is 2.73. The Bertz CT molecular complexity index is 692. The third kappa shape index (κ3) is 3.41. The second-order valence-corrected chi connectivity index (χ2v) is 4.14. The van der Waals surface area contributed by atoms with Gasteiger partial charge in [-0.25, -0.2) is 4.79 Å². The maximum atomic E-state index is 11.9. The minimum atomic E-state index is -1.07. The molecular weight excluding hydrogens is 276 g/mol. The summed E-state index contributed by atoms with van der Waals surface area (Å²) in [4.78, 5) is 32.6.